The van der Waals surface area contributed by atoms with Gasteiger partial charge in [0.15, 0.2) is 4.60 Å². The minimum absolute atomic E-state index is 0.517. The van der Waals surface area contributed by atoms with E-state index in [0.29, 0.717) is 15.6 Å². The molecule has 1 rings (SSSR count). The van der Waals surface area contributed by atoms with Crippen LogP contribution in [0.1, 0.15) is 25.6 Å². The lowest BCUT2D eigenvalue weighted by Gasteiger charge is -2.11. The second kappa shape index (κ2) is 5.14. The molecule has 1 unspecified atom stereocenters. The molecule has 0 aliphatic carbocycles. The third-order valence-electron chi connectivity index (χ3n) is 1.73. The predicted molar refractivity (Wildman–Crippen MR) is 61.3 cm³/mol. The van der Waals surface area contributed by atoms with E-state index in [1.54, 1.807) is 23.5 Å². The van der Waals surface area contributed by atoms with E-state index in [1.807, 2.05) is 0 Å². The van der Waals surface area contributed by atoms with Crippen LogP contribution in [-0.2, 0) is 7.05 Å². The summed E-state index contributed by atoms with van der Waals surface area (Å²) in [6.07, 6.45) is -0.517. The smallest absolute Gasteiger partial charge is 0.154 e. The predicted octanol–water partition coefficient (Wildman–Crippen LogP) is 1.75. The van der Waals surface area contributed by atoms with Gasteiger partial charge in [-0.15, -0.1) is 5.10 Å². The normalized spacial score (nSPS) is 13.6. The van der Waals surface area contributed by atoms with E-state index in [2.05, 4.69) is 40.1 Å². The highest BCUT2D eigenvalue weighted by molar-refractivity contribution is 9.10. The lowest BCUT2D eigenvalue weighted by molar-refractivity contribution is 0.193. The Labute approximate surface area is 96.2 Å². The fourth-order valence-corrected chi connectivity index (χ4v) is 2.37. The number of thioether (sulfide) groups is 1. The lowest BCUT2D eigenvalue weighted by Crippen LogP contribution is -2.09. The first-order valence-electron chi connectivity index (χ1n) is 4.37. The summed E-state index contributed by atoms with van der Waals surface area (Å²) in [6, 6.07) is 0. The molecule has 0 bridgehead atoms. The van der Waals surface area contributed by atoms with Crippen molar-refractivity contribution in [1.29, 1.82) is 0 Å². The third kappa shape index (κ3) is 2.96. The number of hydrogen-bond acceptors (Lipinski definition) is 4. The molecule has 1 atom stereocenters. The molecule has 0 amide bonds. The van der Waals surface area contributed by atoms with Crippen molar-refractivity contribution in [2.45, 2.75) is 25.2 Å². The van der Waals surface area contributed by atoms with Crippen molar-refractivity contribution in [2.75, 3.05) is 5.75 Å². The molecule has 0 saturated carbocycles. The van der Waals surface area contributed by atoms with Gasteiger partial charge in [-0.25, -0.2) is 4.68 Å². The Hall–Kier alpha value is -0.0700. The van der Waals surface area contributed by atoms with Gasteiger partial charge in [-0.3, -0.25) is 0 Å². The third-order valence-corrected chi connectivity index (χ3v) is 3.47. The van der Waals surface area contributed by atoms with Gasteiger partial charge in [-0.05, 0) is 21.2 Å². The minimum atomic E-state index is -0.517. The summed E-state index contributed by atoms with van der Waals surface area (Å²) in [6.45, 7) is 4.21. The zero-order valence-corrected chi connectivity index (χ0v) is 10.8. The van der Waals surface area contributed by atoms with Gasteiger partial charge in [0, 0.05) is 12.8 Å². The lowest BCUT2D eigenvalue weighted by atomic mass is 10.3. The molecule has 0 radical (unpaired) electrons. The summed E-state index contributed by atoms with van der Waals surface area (Å²) in [5.74, 6) is 0.664. The zero-order chi connectivity index (χ0) is 10.7. The minimum Gasteiger partial charge on any atom is -0.386 e. The SMILES string of the molecule is CC(C)SCC(O)c1c(Br)nnn1C. The van der Waals surface area contributed by atoms with Crippen molar-refractivity contribution < 1.29 is 5.11 Å². The highest BCUT2D eigenvalue weighted by atomic mass is 79.9. The number of hydrogen-bond donors (Lipinski definition) is 1. The molecule has 4 nitrogen and oxygen atoms in total. The van der Waals surface area contributed by atoms with E-state index in [9.17, 15) is 5.11 Å². The van der Waals surface area contributed by atoms with Gasteiger partial charge in [0.2, 0.25) is 0 Å². The van der Waals surface area contributed by atoms with Gasteiger partial charge in [0.05, 0.1) is 0 Å². The second-order valence-electron chi connectivity index (χ2n) is 3.29. The quantitative estimate of drug-likeness (QED) is 0.913. The van der Waals surface area contributed by atoms with Gasteiger partial charge in [0.1, 0.15) is 11.8 Å². The van der Waals surface area contributed by atoms with Crippen LogP contribution >= 0.6 is 27.7 Å². The van der Waals surface area contributed by atoms with Crippen molar-refractivity contribution in [1.82, 2.24) is 15.0 Å². The average molecular weight is 280 g/mol. The van der Waals surface area contributed by atoms with E-state index in [4.69, 9.17) is 0 Å². The maximum Gasteiger partial charge on any atom is 0.154 e. The van der Waals surface area contributed by atoms with E-state index >= 15 is 0 Å². The van der Waals surface area contributed by atoms with Gasteiger partial charge in [-0.1, -0.05) is 19.1 Å². The Kier molecular flexibility index (Phi) is 4.40. The molecule has 1 N–H and O–H groups in total. The fraction of sp³-hybridized carbons (Fsp3) is 0.750. The second-order valence-corrected chi connectivity index (χ2v) is 5.65. The number of aromatic nitrogens is 3. The summed E-state index contributed by atoms with van der Waals surface area (Å²) < 4.78 is 2.21. The van der Waals surface area contributed by atoms with Crippen LogP contribution in [0, 0.1) is 0 Å². The Bertz CT molecular complexity index is 283. The molecule has 0 fully saturated rings. The van der Waals surface area contributed by atoms with E-state index in [0.717, 1.165) is 5.69 Å². The summed E-state index contributed by atoms with van der Waals surface area (Å²) >= 11 is 4.98. The van der Waals surface area contributed by atoms with Crippen LogP contribution in [-0.4, -0.2) is 31.1 Å². The Morgan fingerprint density at radius 1 is 1.57 bits per heavy atom. The average Bonchev–Trinajstić information content (AvgIpc) is 2.42. The fourth-order valence-electron chi connectivity index (χ4n) is 1.05. The largest absolute Gasteiger partial charge is 0.386 e. The van der Waals surface area contributed by atoms with Gasteiger partial charge >= 0.3 is 0 Å². The van der Waals surface area contributed by atoms with Crippen molar-refractivity contribution in [3.05, 3.63) is 10.3 Å². The highest BCUT2D eigenvalue weighted by Crippen LogP contribution is 2.24. The van der Waals surface area contributed by atoms with E-state index < -0.39 is 6.10 Å². The van der Waals surface area contributed by atoms with Gasteiger partial charge in [0.25, 0.3) is 0 Å². The number of rotatable bonds is 4. The summed E-state index contributed by atoms with van der Waals surface area (Å²) in [7, 11) is 1.77. The molecule has 0 aromatic carbocycles. The first-order valence-corrected chi connectivity index (χ1v) is 6.21. The zero-order valence-electron chi connectivity index (χ0n) is 8.44. The maximum atomic E-state index is 9.87. The van der Waals surface area contributed by atoms with Crippen LogP contribution < -0.4 is 0 Å². The van der Waals surface area contributed by atoms with E-state index in [-0.39, 0.29) is 0 Å². The molecule has 1 aromatic rings. The van der Waals surface area contributed by atoms with Crippen LogP contribution in [0.3, 0.4) is 0 Å². The van der Waals surface area contributed by atoms with Crippen LogP contribution in [0.2, 0.25) is 0 Å². The monoisotopic (exact) mass is 279 g/mol. The summed E-state index contributed by atoms with van der Waals surface area (Å²) in [4.78, 5) is 0. The molecule has 6 heteroatoms. The Morgan fingerprint density at radius 3 is 2.64 bits per heavy atom. The topological polar surface area (TPSA) is 50.9 Å². The molecule has 0 aliphatic rings. The van der Waals surface area contributed by atoms with Gasteiger partial charge < -0.3 is 5.11 Å². The Morgan fingerprint density at radius 2 is 2.21 bits per heavy atom. The first kappa shape index (κ1) is 12.0. The molecule has 14 heavy (non-hydrogen) atoms. The molecule has 1 aromatic heterocycles. The highest BCUT2D eigenvalue weighted by Gasteiger charge is 2.17. The van der Waals surface area contributed by atoms with Gasteiger partial charge in [-0.2, -0.15) is 11.8 Å². The number of halogens is 1. The molecular formula is C8H14BrN3OS. The standard InChI is InChI=1S/C8H14BrN3OS/c1-5(2)14-4-6(13)7-8(9)10-11-12(7)3/h5-6,13H,4H2,1-3H3. The molecule has 0 saturated heterocycles. The van der Waals surface area contributed by atoms with Crippen LogP contribution in [0.4, 0.5) is 0 Å². The summed E-state index contributed by atoms with van der Waals surface area (Å²) in [5, 5.41) is 18.0. The number of aryl methyl sites for hydroxylation is 1. The van der Waals surface area contributed by atoms with Crippen LogP contribution in [0.5, 0.6) is 0 Å². The van der Waals surface area contributed by atoms with Crippen molar-refractivity contribution in [3.8, 4) is 0 Å². The van der Waals surface area contributed by atoms with Crippen LogP contribution in [0.15, 0.2) is 4.60 Å². The number of aliphatic hydroxyl groups excluding tert-OH is 1. The van der Waals surface area contributed by atoms with Crippen LogP contribution in [0.25, 0.3) is 0 Å². The molecule has 80 valence electrons. The molecule has 0 aliphatic heterocycles. The van der Waals surface area contributed by atoms with Crippen molar-refractivity contribution in [2.24, 2.45) is 7.05 Å². The summed E-state index contributed by atoms with van der Waals surface area (Å²) in [5.41, 5.74) is 0.734. The number of nitrogens with zero attached hydrogens (tertiary/aromatic N) is 3. The molecular weight excluding hydrogens is 266 g/mol. The number of aliphatic hydroxyl groups is 1. The Balaban J connectivity index is 2.64. The molecule has 0 spiro atoms. The van der Waals surface area contributed by atoms with E-state index in [1.165, 1.54) is 0 Å². The van der Waals surface area contributed by atoms with Crippen molar-refractivity contribution >= 4 is 27.7 Å². The first-order chi connectivity index (χ1) is 6.52. The molecule has 1 heterocycles. The van der Waals surface area contributed by atoms with Crippen molar-refractivity contribution in [3.63, 3.8) is 0 Å². The maximum absolute atomic E-state index is 9.87.